The molecule has 0 saturated heterocycles. The highest BCUT2D eigenvalue weighted by atomic mass is 16.5. The minimum Gasteiger partial charge on any atom is -0.491 e. The van der Waals surface area contributed by atoms with Crippen LogP contribution in [-0.2, 0) is 0 Å². The topological polar surface area (TPSA) is 35.2 Å². The summed E-state index contributed by atoms with van der Waals surface area (Å²) in [6, 6.07) is 5.84. The highest BCUT2D eigenvalue weighted by Crippen LogP contribution is 2.23. The lowest BCUT2D eigenvalue weighted by Gasteiger charge is -2.07. The molecule has 0 aliphatic rings. The number of ether oxygens (including phenoxy) is 1. The van der Waals surface area contributed by atoms with Crippen molar-refractivity contribution in [2.75, 3.05) is 12.3 Å². The van der Waals surface area contributed by atoms with Gasteiger partial charge in [0.15, 0.2) is 0 Å². The molecule has 0 saturated carbocycles. The van der Waals surface area contributed by atoms with E-state index in [9.17, 15) is 0 Å². The summed E-state index contributed by atoms with van der Waals surface area (Å²) < 4.78 is 5.47. The molecule has 0 aromatic heterocycles. The summed E-state index contributed by atoms with van der Waals surface area (Å²) >= 11 is 0. The second-order valence-corrected chi connectivity index (χ2v) is 3.15. The fourth-order valence-electron chi connectivity index (χ4n) is 1.21. The maximum atomic E-state index is 5.83. The Bertz CT molecular complexity index is 318. The zero-order valence-corrected chi connectivity index (χ0v) is 8.79. The molecule has 0 atom stereocenters. The Morgan fingerprint density at radius 1 is 1.43 bits per heavy atom. The second kappa shape index (κ2) is 5.32. The molecule has 0 fully saturated rings. The normalized spacial score (nSPS) is 10.7. The van der Waals surface area contributed by atoms with Crippen molar-refractivity contribution >= 4 is 11.8 Å². The molecule has 0 aliphatic carbocycles. The number of nitrogen functional groups attached to an aromatic ring is 1. The van der Waals surface area contributed by atoms with Crippen LogP contribution in [0, 0.1) is 0 Å². The smallest absolute Gasteiger partial charge is 0.142 e. The van der Waals surface area contributed by atoms with Crippen LogP contribution in [0.3, 0.4) is 0 Å². The molecule has 1 aromatic rings. The number of allylic oxidation sites excluding steroid dienone is 1. The molecular weight excluding hydrogens is 174 g/mol. The molecule has 0 aliphatic heterocycles. The van der Waals surface area contributed by atoms with E-state index in [1.165, 1.54) is 0 Å². The highest BCUT2D eigenvalue weighted by molar-refractivity contribution is 5.61. The fraction of sp³-hybridized carbons (Fsp3) is 0.333. The van der Waals surface area contributed by atoms with Crippen LogP contribution in [0.25, 0.3) is 6.08 Å². The van der Waals surface area contributed by atoms with Gasteiger partial charge in [-0.1, -0.05) is 25.1 Å². The molecule has 76 valence electrons. The van der Waals surface area contributed by atoms with E-state index in [0.29, 0.717) is 12.3 Å². The van der Waals surface area contributed by atoms with Gasteiger partial charge >= 0.3 is 0 Å². The molecule has 0 amide bonds. The van der Waals surface area contributed by atoms with Crippen molar-refractivity contribution in [1.82, 2.24) is 0 Å². The molecule has 2 N–H and O–H groups in total. The minimum atomic E-state index is 0.703. The van der Waals surface area contributed by atoms with E-state index < -0.39 is 0 Å². The van der Waals surface area contributed by atoms with Gasteiger partial charge in [0, 0.05) is 0 Å². The average molecular weight is 191 g/mol. The van der Waals surface area contributed by atoms with Gasteiger partial charge in [-0.25, -0.2) is 0 Å². The van der Waals surface area contributed by atoms with Crippen molar-refractivity contribution in [3.8, 4) is 5.75 Å². The van der Waals surface area contributed by atoms with Crippen molar-refractivity contribution in [3.05, 3.63) is 29.8 Å². The monoisotopic (exact) mass is 191 g/mol. The van der Waals surface area contributed by atoms with Gasteiger partial charge in [0.2, 0.25) is 0 Å². The first-order valence-corrected chi connectivity index (χ1v) is 4.93. The second-order valence-electron chi connectivity index (χ2n) is 3.15. The van der Waals surface area contributed by atoms with Crippen LogP contribution in [0.5, 0.6) is 5.75 Å². The Kier molecular flexibility index (Phi) is 4.05. The Hall–Kier alpha value is -1.44. The summed E-state index contributed by atoms with van der Waals surface area (Å²) in [5, 5.41) is 0. The summed E-state index contributed by atoms with van der Waals surface area (Å²) in [4.78, 5) is 0. The molecule has 2 heteroatoms. The van der Waals surface area contributed by atoms with Gasteiger partial charge in [-0.05, 0) is 31.0 Å². The summed E-state index contributed by atoms with van der Waals surface area (Å²) in [6.07, 6.45) is 5.00. The Morgan fingerprint density at radius 2 is 2.21 bits per heavy atom. The minimum absolute atomic E-state index is 0.703. The van der Waals surface area contributed by atoms with E-state index in [1.807, 2.05) is 37.3 Å². The van der Waals surface area contributed by atoms with Gasteiger partial charge in [-0.15, -0.1) is 0 Å². The van der Waals surface area contributed by atoms with Crippen molar-refractivity contribution in [3.63, 3.8) is 0 Å². The molecule has 0 spiro atoms. The standard InChI is InChI=1S/C12H17NO/c1-3-5-10-6-7-12(11(13)9-10)14-8-4-2/h3,5-7,9H,4,8,13H2,1-2H3/b5-3+. The molecule has 0 radical (unpaired) electrons. The molecule has 0 bridgehead atoms. The number of nitrogens with two attached hydrogens (primary N) is 1. The predicted molar refractivity (Wildman–Crippen MR) is 61.3 cm³/mol. The quantitative estimate of drug-likeness (QED) is 0.742. The van der Waals surface area contributed by atoms with E-state index in [1.54, 1.807) is 0 Å². The summed E-state index contributed by atoms with van der Waals surface area (Å²) in [5.74, 6) is 0.778. The third-order valence-electron chi connectivity index (χ3n) is 1.85. The van der Waals surface area contributed by atoms with E-state index in [0.717, 1.165) is 17.7 Å². The lowest BCUT2D eigenvalue weighted by Crippen LogP contribution is -1.98. The van der Waals surface area contributed by atoms with Crippen LogP contribution in [0.15, 0.2) is 24.3 Å². The van der Waals surface area contributed by atoms with Crippen LogP contribution in [-0.4, -0.2) is 6.61 Å². The molecular formula is C12H17NO. The molecule has 1 aromatic carbocycles. The lowest BCUT2D eigenvalue weighted by atomic mass is 10.2. The first-order chi connectivity index (χ1) is 6.77. The van der Waals surface area contributed by atoms with Crippen LogP contribution in [0.2, 0.25) is 0 Å². The largest absolute Gasteiger partial charge is 0.491 e. The third-order valence-corrected chi connectivity index (χ3v) is 1.85. The van der Waals surface area contributed by atoms with Gasteiger partial charge in [0.05, 0.1) is 12.3 Å². The number of benzene rings is 1. The van der Waals surface area contributed by atoms with Gasteiger partial charge in [-0.2, -0.15) is 0 Å². The number of rotatable bonds is 4. The Balaban J connectivity index is 2.79. The van der Waals surface area contributed by atoms with Gasteiger partial charge in [0.25, 0.3) is 0 Å². The van der Waals surface area contributed by atoms with Crippen molar-refractivity contribution < 1.29 is 4.74 Å². The van der Waals surface area contributed by atoms with Crippen molar-refractivity contribution in [2.24, 2.45) is 0 Å². The van der Waals surface area contributed by atoms with E-state index in [4.69, 9.17) is 10.5 Å². The van der Waals surface area contributed by atoms with Crippen LogP contribution in [0.1, 0.15) is 25.8 Å². The van der Waals surface area contributed by atoms with Crippen molar-refractivity contribution in [1.29, 1.82) is 0 Å². The molecule has 0 heterocycles. The lowest BCUT2D eigenvalue weighted by molar-refractivity contribution is 0.319. The SMILES string of the molecule is C/C=C/c1ccc(OCCC)c(N)c1. The maximum Gasteiger partial charge on any atom is 0.142 e. The predicted octanol–water partition coefficient (Wildman–Crippen LogP) is 3.09. The third kappa shape index (κ3) is 2.80. The zero-order valence-electron chi connectivity index (χ0n) is 8.79. The van der Waals surface area contributed by atoms with Crippen LogP contribution < -0.4 is 10.5 Å². The molecule has 14 heavy (non-hydrogen) atoms. The average Bonchev–Trinajstić information content (AvgIpc) is 2.17. The summed E-state index contributed by atoms with van der Waals surface area (Å²) in [5.41, 5.74) is 7.64. The van der Waals surface area contributed by atoms with E-state index in [2.05, 4.69) is 6.92 Å². The molecule has 0 unspecified atom stereocenters. The van der Waals surface area contributed by atoms with E-state index in [-0.39, 0.29) is 0 Å². The number of hydrogen-bond acceptors (Lipinski definition) is 2. The van der Waals surface area contributed by atoms with Gasteiger partial charge in [0.1, 0.15) is 5.75 Å². The van der Waals surface area contributed by atoms with Crippen LogP contribution in [0.4, 0.5) is 5.69 Å². The Morgan fingerprint density at radius 3 is 2.79 bits per heavy atom. The fourth-order valence-corrected chi connectivity index (χ4v) is 1.21. The van der Waals surface area contributed by atoms with E-state index >= 15 is 0 Å². The summed E-state index contributed by atoms with van der Waals surface area (Å²) in [7, 11) is 0. The maximum absolute atomic E-state index is 5.83. The number of hydrogen-bond donors (Lipinski definition) is 1. The number of anilines is 1. The van der Waals surface area contributed by atoms with Gasteiger partial charge in [-0.3, -0.25) is 0 Å². The molecule has 1 rings (SSSR count). The highest BCUT2D eigenvalue weighted by Gasteiger charge is 1.99. The first kappa shape index (κ1) is 10.6. The zero-order chi connectivity index (χ0) is 10.4. The molecule has 2 nitrogen and oxygen atoms in total. The Labute approximate surface area is 85.4 Å². The first-order valence-electron chi connectivity index (χ1n) is 4.93. The van der Waals surface area contributed by atoms with Gasteiger partial charge < -0.3 is 10.5 Å². The van der Waals surface area contributed by atoms with Crippen LogP contribution >= 0.6 is 0 Å². The summed E-state index contributed by atoms with van der Waals surface area (Å²) in [6.45, 7) is 4.77. The van der Waals surface area contributed by atoms with Crippen molar-refractivity contribution in [2.45, 2.75) is 20.3 Å².